The number of benzene rings is 1. The van der Waals surface area contributed by atoms with E-state index in [-0.39, 0.29) is 5.82 Å². The van der Waals surface area contributed by atoms with Crippen LogP contribution in [0.4, 0.5) is 19.0 Å². The van der Waals surface area contributed by atoms with Gasteiger partial charge in [-0.25, -0.2) is 4.98 Å². The van der Waals surface area contributed by atoms with Crippen LogP contribution in [0.3, 0.4) is 0 Å². The summed E-state index contributed by atoms with van der Waals surface area (Å²) in [4.78, 5) is 5.96. The van der Waals surface area contributed by atoms with Crippen molar-refractivity contribution in [1.82, 2.24) is 9.88 Å². The highest BCUT2D eigenvalue weighted by Gasteiger charge is 2.33. The van der Waals surface area contributed by atoms with E-state index in [1.54, 1.807) is 0 Å². The standard InChI is InChI=1S/C17H20F3N3/c1-3-23(2)12-14-7-4-6-13(10-14)11-22-16-15(17(18,19)20)8-5-9-21-16/h4-10H,3,11-12H2,1-2H3,(H,21,22). The molecule has 0 unspecified atom stereocenters. The summed E-state index contributed by atoms with van der Waals surface area (Å²) in [6.07, 6.45) is -3.06. The van der Waals surface area contributed by atoms with Gasteiger partial charge in [-0.05, 0) is 36.9 Å². The van der Waals surface area contributed by atoms with Crippen molar-refractivity contribution < 1.29 is 13.2 Å². The summed E-state index contributed by atoms with van der Waals surface area (Å²) in [6, 6.07) is 10.1. The number of hydrogen-bond donors (Lipinski definition) is 1. The molecule has 0 aliphatic carbocycles. The van der Waals surface area contributed by atoms with E-state index in [1.807, 2.05) is 31.3 Å². The lowest BCUT2D eigenvalue weighted by Crippen LogP contribution is -2.17. The Kier molecular flexibility index (Phi) is 5.60. The Morgan fingerprint density at radius 3 is 2.57 bits per heavy atom. The molecule has 0 radical (unpaired) electrons. The molecule has 0 aliphatic rings. The van der Waals surface area contributed by atoms with E-state index in [4.69, 9.17) is 0 Å². The first-order valence-electron chi connectivity index (χ1n) is 7.42. The lowest BCUT2D eigenvalue weighted by Gasteiger charge is -2.15. The van der Waals surface area contributed by atoms with Gasteiger partial charge in [-0.1, -0.05) is 31.2 Å². The number of aromatic nitrogens is 1. The fraction of sp³-hybridized carbons (Fsp3) is 0.353. The van der Waals surface area contributed by atoms with E-state index in [0.29, 0.717) is 6.54 Å². The van der Waals surface area contributed by atoms with Crippen LogP contribution in [0.2, 0.25) is 0 Å². The second-order valence-electron chi connectivity index (χ2n) is 5.40. The highest BCUT2D eigenvalue weighted by molar-refractivity contribution is 5.46. The average molecular weight is 323 g/mol. The SMILES string of the molecule is CCN(C)Cc1cccc(CNc2ncccc2C(F)(F)F)c1. The molecule has 6 heteroatoms. The summed E-state index contributed by atoms with van der Waals surface area (Å²) in [5, 5.41) is 2.79. The zero-order chi connectivity index (χ0) is 16.9. The lowest BCUT2D eigenvalue weighted by atomic mass is 10.1. The van der Waals surface area contributed by atoms with E-state index < -0.39 is 11.7 Å². The van der Waals surface area contributed by atoms with Crippen LogP contribution in [0.1, 0.15) is 23.6 Å². The quantitative estimate of drug-likeness (QED) is 0.865. The van der Waals surface area contributed by atoms with E-state index in [2.05, 4.69) is 22.1 Å². The van der Waals surface area contributed by atoms with Crippen LogP contribution in [-0.4, -0.2) is 23.5 Å². The normalized spacial score (nSPS) is 11.7. The molecule has 124 valence electrons. The number of hydrogen-bond acceptors (Lipinski definition) is 3. The third-order valence-corrected chi connectivity index (χ3v) is 3.56. The molecule has 23 heavy (non-hydrogen) atoms. The van der Waals surface area contributed by atoms with Crippen molar-refractivity contribution in [2.75, 3.05) is 18.9 Å². The third kappa shape index (κ3) is 4.96. The van der Waals surface area contributed by atoms with Crippen LogP contribution in [0.5, 0.6) is 0 Å². The van der Waals surface area contributed by atoms with Gasteiger partial charge in [0.05, 0.1) is 5.56 Å². The summed E-state index contributed by atoms with van der Waals surface area (Å²) < 4.78 is 38.8. The molecule has 0 aliphatic heterocycles. The van der Waals surface area contributed by atoms with Crippen LogP contribution in [-0.2, 0) is 19.3 Å². The van der Waals surface area contributed by atoms with Gasteiger partial charge in [0, 0.05) is 19.3 Å². The van der Waals surface area contributed by atoms with Crippen molar-refractivity contribution in [2.45, 2.75) is 26.2 Å². The fourth-order valence-corrected chi connectivity index (χ4v) is 2.22. The first kappa shape index (κ1) is 17.3. The molecule has 0 amide bonds. The van der Waals surface area contributed by atoms with Crippen LogP contribution < -0.4 is 5.32 Å². The largest absolute Gasteiger partial charge is 0.419 e. The molecule has 1 aromatic carbocycles. The smallest absolute Gasteiger partial charge is 0.365 e. The maximum atomic E-state index is 12.9. The second-order valence-corrected chi connectivity index (χ2v) is 5.40. The topological polar surface area (TPSA) is 28.2 Å². The molecule has 2 aromatic rings. The van der Waals surface area contributed by atoms with Gasteiger partial charge in [0.15, 0.2) is 0 Å². The molecule has 0 saturated heterocycles. The Morgan fingerprint density at radius 2 is 1.87 bits per heavy atom. The predicted octanol–water partition coefficient (Wildman–Crippen LogP) is 4.16. The van der Waals surface area contributed by atoms with Gasteiger partial charge in [-0.15, -0.1) is 0 Å². The summed E-state index contributed by atoms with van der Waals surface area (Å²) in [6.45, 7) is 4.11. The number of halogens is 3. The molecule has 3 nitrogen and oxygen atoms in total. The molecule has 0 atom stereocenters. The zero-order valence-corrected chi connectivity index (χ0v) is 13.2. The average Bonchev–Trinajstić information content (AvgIpc) is 2.52. The number of nitrogens with zero attached hydrogens (tertiary/aromatic N) is 2. The van der Waals surface area contributed by atoms with Gasteiger partial charge in [-0.3, -0.25) is 0 Å². The number of anilines is 1. The Balaban J connectivity index is 2.09. The minimum Gasteiger partial charge on any atom is -0.365 e. The summed E-state index contributed by atoms with van der Waals surface area (Å²) in [5.41, 5.74) is 1.30. The summed E-state index contributed by atoms with van der Waals surface area (Å²) in [5.74, 6) is -0.143. The van der Waals surface area contributed by atoms with E-state index in [9.17, 15) is 13.2 Å². The van der Waals surface area contributed by atoms with Crippen LogP contribution in [0.25, 0.3) is 0 Å². The first-order chi connectivity index (χ1) is 10.9. The van der Waals surface area contributed by atoms with Crippen LogP contribution in [0, 0.1) is 0 Å². The third-order valence-electron chi connectivity index (χ3n) is 3.56. The summed E-state index contributed by atoms with van der Waals surface area (Å²) in [7, 11) is 2.02. The van der Waals surface area contributed by atoms with Gasteiger partial charge >= 0.3 is 6.18 Å². The maximum Gasteiger partial charge on any atom is 0.419 e. The molecule has 0 bridgehead atoms. The van der Waals surface area contributed by atoms with Crippen molar-refractivity contribution >= 4 is 5.82 Å². The number of alkyl halides is 3. The van der Waals surface area contributed by atoms with E-state index in [0.717, 1.165) is 30.3 Å². The van der Waals surface area contributed by atoms with Crippen LogP contribution >= 0.6 is 0 Å². The lowest BCUT2D eigenvalue weighted by molar-refractivity contribution is -0.137. The fourth-order valence-electron chi connectivity index (χ4n) is 2.22. The van der Waals surface area contributed by atoms with Crippen LogP contribution in [0.15, 0.2) is 42.6 Å². The number of rotatable bonds is 6. The number of nitrogens with one attached hydrogen (secondary N) is 1. The highest BCUT2D eigenvalue weighted by Crippen LogP contribution is 2.33. The Morgan fingerprint density at radius 1 is 1.13 bits per heavy atom. The number of pyridine rings is 1. The van der Waals surface area contributed by atoms with E-state index in [1.165, 1.54) is 12.3 Å². The van der Waals surface area contributed by atoms with Gasteiger partial charge in [0.2, 0.25) is 0 Å². The molecule has 1 N–H and O–H groups in total. The highest BCUT2D eigenvalue weighted by atomic mass is 19.4. The molecule has 0 spiro atoms. The molecule has 2 rings (SSSR count). The molecule has 1 aromatic heterocycles. The Hall–Kier alpha value is -2.08. The molecule has 0 fully saturated rings. The Bertz CT molecular complexity index is 641. The van der Waals surface area contributed by atoms with Gasteiger partial charge < -0.3 is 10.2 Å². The first-order valence-corrected chi connectivity index (χ1v) is 7.42. The van der Waals surface area contributed by atoms with Gasteiger partial charge in [0.1, 0.15) is 5.82 Å². The van der Waals surface area contributed by atoms with E-state index >= 15 is 0 Å². The van der Waals surface area contributed by atoms with Crippen molar-refractivity contribution in [2.24, 2.45) is 0 Å². The predicted molar refractivity (Wildman–Crippen MR) is 85.0 cm³/mol. The minimum absolute atomic E-state index is 0.143. The molecule has 1 heterocycles. The second kappa shape index (κ2) is 7.46. The Labute approximate surface area is 134 Å². The molecule has 0 saturated carbocycles. The summed E-state index contributed by atoms with van der Waals surface area (Å²) >= 11 is 0. The van der Waals surface area contributed by atoms with Gasteiger partial charge in [-0.2, -0.15) is 13.2 Å². The monoisotopic (exact) mass is 323 g/mol. The van der Waals surface area contributed by atoms with Crippen molar-refractivity contribution in [3.63, 3.8) is 0 Å². The molecular formula is C17H20F3N3. The zero-order valence-electron chi connectivity index (χ0n) is 13.2. The maximum absolute atomic E-state index is 12.9. The van der Waals surface area contributed by atoms with Crippen molar-refractivity contribution in [3.05, 3.63) is 59.3 Å². The van der Waals surface area contributed by atoms with Crippen molar-refractivity contribution in [3.8, 4) is 0 Å². The minimum atomic E-state index is -4.41. The molecular weight excluding hydrogens is 303 g/mol. The van der Waals surface area contributed by atoms with Crippen molar-refractivity contribution in [1.29, 1.82) is 0 Å². The van der Waals surface area contributed by atoms with Gasteiger partial charge in [0.25, 0.3) is 0 Å².